The summed E-state index contributed by atoms with van der Waals surface area (Å²) in [6.45, 7) is 4.37. The van der Waals surface area contributed by atoms with Crippen molar-refractivity contribution in [1.29, 1.82) is 0 Å². The molecule has 1 saturated carbocycles. The molecule has 0 atom stereocenters. The number of carboxylic acid groups (broad SMARTS) is 1. The van der Waals surface area contributed by atoms with E-state index < -0.39 is 6.09 Å². The van der Waals surface area contributed by atoms with Crippen LogP contribution in [0.4, 0.5) is 10.5 Å². The van der Waals surface area contributed by atoms with Gasteiger partial charge in [0.15, 0.2) is 11.5 Å². The van der Waals surface area contributed by atoms with E-state index in [2.05, 4.69) is 4.98 Å². The van der Waals surface area contributed by atoms with Crippen LogP contribution in [0.1, 0.15) is 30.4 Å². The summed E-state index contributed by atoms with van der Waals surface area (Å²) in [6, 6.07) is 9.25. The first-order chi connectivity index (χ1) is 15.4. The van der Waals surface area contributed by atoms with Crippen LogP contribution in [0, 0.1) is 19.8 Å². The van der Waals surface area contributed by atoms with Gasteiger partial charge in [0.25, 0.3) is 0 Å². The molecule has 7 nitrogen and oxygen atoms in total. The zero-order valence-electron chi connectivity index (χ0n) is 18.8. The predicted molar refractivity (Wildman–Crippen MR) is 124 cm³/mol. The second-order valence-electron chi connectivity index (χ2n) is 8.23. The zero-order valence-corrected chi connectivity index (χ0v) is 18.8. The highest BCUT2D eigenvalue weighted by Crippen LogP contribution is 2.39. The lowest BCUT2D eigenvalue weighted by Crippen LogP contribution is -2.37. The van der Waals surface area contributed by atoms with E-state index in [0.717, 1.165) is 34.9 Å². The Balaban J connectivity index is 1.68. The van der Waals surface area contributed by atoms with E-state index in [1.807, 2.05) is 38.1 Å². The fourth-order valence-corrected chi connectivity index (χ4v) is 4.04. The number of pyridine rings is 1. The van der Waals surface area contributed by atoms with E-state index in [1.165, 1.54) is 11.3 Å². The van der Waals surface area contributed by atoms with Crippen molar-refractivity contribution in [3.05, 3.63) is 47.7 Å². The minimum absolute atomic E-state index is 0.442. The molecule has 1 aromatic heterocycles. The molecule has 1 amide bonds. The minimum Gasteiger partial charge on any atom is -0.493 e. The Labute approximate surface area is 187 Å². The smallest absolute Gasteiger partial charge is 0.411 e. The second kappa shape index (κ2) is 8.94. The third-order valence-corrected chi connectivity index (χ3v) is 6.11. The number of amides is 1. The molecule has 0 saturated heterocycles. The van der Waals surface area contributed by atoms with Gasteiger partial charge in [-0.25, -0.2) is 4.79 Å². The summed E-state index contributed by atoms with van der Waals surface area (Å²) in [6.07, 6.45) is 4.12. The van der Waals surface area contributed by atoms with Gasteiger partial charge < -0.3 is 19.3 Å². The van der Waals surface area contributed by atoms with E-state index in [1.54, 1.807) is 26.5 Å². The van der Waals surface area contributed by atoms with E-state index >= 15 is 0 Å². The molecule has 2 aromatic carbocycles. The van der Waals surface area contributed by atoms with E-state index in [-0.39, 0.29) is 0 Å². The maximum Gasteiger partial charge on any atom is 0.411 e. The number of rotatable bonds is 7. The van der Waals surface area contributed by atoms with Gasteiger partial charge in [0, 0.05) is 24.2 Å². The van der Waals surface area contributed by atoms with Gasteiger partial charge >= 0.3 is 6.09 Å². The summed E-state index contributed by atoms with van der Waals surface area (Å²) in [5.74, 6) is 2.94. The Morgan fingerprint density at radius 2 is 1.75 bits per heavy atom. The first-order valence-corrected chi connectivity index (χ1v) is 10.7. The quantitative estimate of drug-likeness (QED) is 0.493. The molecule has 168 valence electrons. The van der Waals surface area contributed by atoms with E-state index in [4.69, 9.17) is 14.2 Å². The highest BCUT2D eigenvalue weighted by molar-refractivity contribution is 5.89. The van der Waals surface area contributed by atoms with Gasteiger partial charge in [0.05, 0.1) is 25.4 Å². The van der Waals surface area contributed by atoms with Crippen LogP contribution in [0.3, 0.4) is 0 Å². The third kappa shape index (κ3) is 4.15. The number of methoxy groups -OCH3 is 2. The fourth-order valence-electron chi connectivity index (χ4n) is 4.04. The lowest BCUT2D eigenvalue weighted by molar-refractivity contribution is 0.197. The van der Waals surface area contributed by atoms with Crippen LogP contribution in [0.15, 0.2) is 36.5 Å². The van der Waals surface area contributed by atoms with Gasteiger partial charge in [-0.2, -0.15) is 0 Å². The molecule has 4 rings (SSSR count). The van der Waals surface area contributed by atoms with Gasteiger partial charge in [-0.05, 0) is 68.0 Å². The van der Waals surface area contributed by atoms with Crippen LogP contribution in [0.5, 0.6) is 23.0 Å². The molecule has 32 heavy (non-hydrogen) atoms. The number of carbonyl (C=O) groups is 1. The lowest BCUT2D eigenvalue weighted by atomic mass is 9.85. The molecule has 7 heteroatoms. The molecule has 1 fully saturated rings. The molecule has 3 aromatic rings. The molecule has 0 radical (unpaired) electrons. The fraction of sp³-hybridized carbons (Fsp3) is 0.360. The van der Waals surface area contributed by atoms with Crippen molar-refractivity contribution in [1.82, 2.24) is 4.98 Å². The molecule has 0 unspecified atom stereocenters. The normalized spacial score (nSPS) is 13.5. The maximum atomic E-state index is 11.9. The maximum absolute atomic E-state index is 11.9. The highest BCUT2D eigenvalue weighted by atomic mass is 16.5. The predicted octanol–water partition coefficient (Wildman–Crippen LogP) is 5.95. The van der Waals surface area contributed by atoms with Gasteiger partial charge in [-0.1, -0.05) is 6.42 Å². The number of hydrogen-bond donors (Lipinski definition) is 1. The second-order valence-corrected chi connectivity index (χ2v) is 8.23. The molecule has 1 aliphatic rings. The van der Waals surface area contributed by atoms with Crippen LogP contribution >= 0.6 is 0 Å². The van der Waals surface area contributed by atoms with Crippen molar-refractivity contribution < 1.29 is 24.1 Å². The SMILES string of the molecule is COc1cc2nccc(Oc3cc(C)c(N(CC4CCC4)C(=O)O)cc3C)c2cc1OC. The molecular weight excluding hydrogens is 408 g/mol. The molecule has 0 bridgehead atoms. The average molecular weight is 437 g/mol. The first kappa shape index (κ1) is 21.7. The van der Waals surface area contributed by atoms with Crippen LogP contribution in [0.2, 0.25) is 0 Å². The Bertz CT molecular complexity index is 1160. The Morgan fingerprint density at radius 1 is 1.03 bits per heavy atom. The van der Waals surface area contributed by atoms with Crippen molar-refractivity contribution >= 4 is 22.7 Å². The third-order valence-electron chi connectivity index (χ3n) is 6.11. The van der Waals surface area contributed by atoms with Crippen molar-refractivity contribution in [3.8, 4) is 23.0 Å². The number of hydrogen-bond acceptors (Lipinski definition) is 5. The van der Waals surface area contributed by atoms with Gasteiger partial charge in [-0.15, -0.1) is 0 Å². The van der Waals surface area contributed by atoms with Crippen molar-refractivity contribution in [3.63, 3.8) is 0 Å². The van der Waals surface area contributed by atoms with E-state index in [9.17, 15) is 9.90 Å². The lowest BCUT2D eigenvalue weighted by Gasteiger charge is -2.31. The van der Waals surface area contributed by atoms with Crippen LogP contribution in [-0.2, 0) is 0 Å². The number of aryl methyl sites for hydroxylation is 2. The van der Waals surface area contributed by atoms with E-state index in [0.29, 0.717) is 41.1 Å². The number of aromatic nitrogens is 1. The number of anilines is 1. The van der Waals surface area contributed by atoms with Crippen LogP contribution in [0.25, 0.3) is 10.9 Å². The van der Waals surface area contributed by atoms with Gasteiger partial charge in [0.2, 0.25) is 0 Å². The molecule has 0 spiro atoms. The number of fused-ring (bicyclic) bond motifs is 1. The average Bonchev–Trinajstić information content (AvgIpc) is 2.74. The van der Waals surface area contributed by atoms with Crippen LogP contribution < -0.4 is 19.1 Å². The Kier molecular flexibility index (Phi) is 6.08. The van der Waals surface area contributed by atoms with Crippen molar-refractivity contribution in [2.75, 3.05) is 25.7 Å². The summed E-state index contributed by atoms with van der Waals surface area (Å²) in [4.78, 5) is 17.8. The van der Waals surface area contributed by atoms with Gasteiger partial charge in [-0.3, -0.25) is 9.88 Å². The van der Waals surface area contributed by atoms with Crippen molar-refractivity contribution in [2.24, 2.45) is 5.92 Å². The largest absolute Gasteiger partial charge is 0.493 e. The first-order valence-electron chi connectivity index (χ1n) is 10.7. The highest BCUT2D eigenvalue weighted by Gasteiger charge is 2.26. The summed E-state index contributed by atoms with van der Waals surface area (Å²) >= 11 is 0. The molecule has 1 N–H and O–H groups in total. The molecular formula is C25H28N2O5. The Morgan fingerprint density at radius 3 is 2.38 bits per heavy atom. The molecule has 1 heterocycles. The monoisotopic (exact) mass is 436 g/mol. The standard InChI is InChI=1S/C25H28N2O5/c1-15-11-22(16(2)10-20(15)27(25(28)29)14-17-6-5-7-17)32-21-8-9-26-19-13-24(31-4)23(30-3)12-18(19)21/h8-13,17H,5-7,14H2,1-4H3,(H,28,29). The number of nitrogens with zero attached hydrogens (tertiary/aromatic N) is 2. The number of ether oxygens (including phenoxy) is 3. The van der Waals surface area contributed by atoms with Crippen LogP contribution in [-0.4, -0.2) is 36.9 Å². The van der Waals surface area contributed by atoms with Crippen molar-refractivity contribution in [2.45, 2.75) is 33.1 Å². The summed E-state index contributed by atoms with van der Waals surface area (Å²) < 4.78 is 17.1. The summed E-state index contributed by atoms with van der Waals surface area (Å²) in [7, 11) is 3.17. The Hall–Kier alpha value is -3.48. The topological polar surface area (TPSA) is 81.1 Å². The molecule has 0 aliphatic heterocycles. The minimum atomic E-state index is -0.922. The number of benzene rings is 2. The van der Waals surface area contributed by atoms with Gasteiger partial charge in [0.1, 0.15) is 11.5 Å². The zero-order chi connectivity index (χ0) is 22.8. The molecule has 1 aliphatic carbocycles. The summed E-state index contributed by atoms with van der Waals surface area (Å²) in [5, 5.41) is 10.6. The summed E-state index contributed by atoms with van der Waals surface area (Å²) in [5.41, 5.74) is 3.14.